The summed E-state index contributed by atoms with van der Waals surface area (Å²) in [6.07, 6.45) is -4.97. The van der Waals surface area contributed by atoms with Gasteiger partial charge in [-0.2, -0.15) is 13.2 Å². The molecular weight excluding hydrogens is 418 g/mol. The molecular formula is C14H8ClF3INO. The first kappa shape index (κ1) is 16.1. The summed E-state index contributed by atoms with van der Waals surface area (Å²) in [5.41, 5.74) is 0.239. The number of carbonyl (C=O) groups is 1. The Morgan fingerprint density at radius 3 is 1.81 bits per heavy atom. The van der Waals surface area contributed by atoms with Gasteiger partial charge in [0.05, 0.1) is 0 Å². The molecule has 2 aromatic rings. The molecule has 21 heavy (non-hydrogen) atoms. The van der Waals surface area contributed by atoms with Crippen LogP contribution in [0.15, 0.2) is 48.5 Å². The van der Waals surface area contributed by atoms with Gasteiger partial charge in [-0.05, 0) is 71.1 Å². The standard InChI is InChI=1S/C14H8ClF3INO/c15-9-1-5-11(6-2-9)20(13(21)14(16,17)18)12-7-3-10(19)4-8-12/h1-8H. The van der Waals surface area contributed by atoms with Gasteiger partial charge in [0.25, 0.3) is 0 Å². The van der Waals surface area contributed by atoms with E-state index in [1.807, 2.05) is 22.6 Å². The largest absolute Gasteiger partial charge is 0.472 e. The third kappa shape index (κ3) is 3.88. The van der Waals surface area contributed by atoms with Crippen LogP contribution < -0.4 is 4.90 Å². The molecule has 0 radical (unpaired) electrons. The zero-order chi connectivity index (χ0) is 15.6. The minimum absolute atomic E-state index is 0.0999. The number of benzene rings is 2. The molecule has 2 aromatic carbocycles. The Morgan fingerprint density at radius 1 is 0.952 bits per heavy atom. The zero-order valence-corrected chi connectivity index (χ0v) is 13.3. The van der Waals surface area contributed by atoms with E-state index in [1.165, 1.54) is 36.4 Å². The van der Waals surface area contributed by atoms with E-state index in [9.17, 15) is 18.0 Å². The molecule has 1 amide bonds. The van der Waals surface area contributed by atoms with Crippen LogP contribution in [-0.2, 0) is 4.79 Å². The third-order valence-corrected chi connectivity index (χ3v) is 3.59. The Hall–Kier alpha value is -1.28. The first-order chi connectivity index (χ1) is 9.79. The van der Waals surface area contributed by atoms with Gasteiger partial charge in [-0.15, -0.1) is 0 Å². The lowest BCUT2D eigenvalue weighted by Gasteiger charge is -2.24. The normalized spacial score (nSPS) is 11.3. The number of hydrogen-bond donors (Lipinski definition) is 0. The molecule has 0 aliphatic heterocycles. The molecule has 0 unspecified atom stereocenters. The van der Waals surface area contributed by atoms with Crippen molar-refractivity contribution >= 4 is 51.5 Å². The summed E-state index contributed by atoms with van der Waals surface area (Å²) in [5, 5.41) is 0.376. The van der Waals surface area contributed by atoms with Gasteiger partial charge in [-0.1, -0.05) is 11.6 Å². The SMILES string of the molecule is O=C(N(c1ccc(Cl)cc1)c1ccc(I)cc1)C(F)(F)F. The first-order valence-electron chi connectivity index (χ1n) is 5.71. The van der Waals surface area contributed by atoms with Crippen LogP contribution in [0.5, 0.6) is 0 Å². The van der Waals surface area contributed by atoms with Crippen LogP contribution in [0.4, 0.5) is 24.5 Å². The molecule has 0 atom stereocenters. The zero-order valence-electron chi connectivity index (χ0n) is 10.4. The highest BCUT2D eigenvalue weighted by Crippen LogP contribution is 2.32. The van der Waals surface area contributed by atoms with E-state index in [0.29, 0.717) is 9.92 Å². The van der Waals surface area contributed by atoms with Crippen LogP contribution in [-0.4, -0.2) is 12.1 Å². The fourth-order valence-corrected chi connectivity index (χ4v) is 2.18. The van der Waals surface area contributed by atoms with Crippen molar-refractivity contribution in [1.82, 2.24) is 0 Å². The van der Waals surface area contributed by atoms with Crippen LogP contribution in [0, 0.1) is 3.57 Å². The van der Waals surface area contributed by atoms with Crippen LogP contribution in [0.2, 0.25) is 5.02 Å². The van der Waals surface area contributed by atoms with Crippen LogP contribution in [0.1, 0.15) is 0 Å². The lowest BCUT2D eigenvalue weighted by atomic mass is 10.2. The number of nitrogens with zero attached hydrogens (tertiary/aromatic N) is 1. The molecule has 0 fully saturated rings. The number of rotatable bonds is 2. The first-order valence-corrected chi connectivity index (χ1v) is 7.17. The molecule has 0 spiro atoms. The van der Waals surface area contributed by atoms with Crippen molar-refractivity contribution in [2.45, 2.75) is 6.18 Å². The summed E-state index contributed by atoms with van der Waals surface area (Å²) >= 11 is 7.76. The topological polar surface area (TPSA) is 20.3 Å². The lowest BCUT2D eigenvalue weighted by molar-refractivity contribution is -0.169. The monoisotopic (exact) mass is 425 g/mol. The van der Waals surface area contributed by atoms with Crippen molar-refractivity contribution < 1.29 is 18.0 Å². The molecule has 0 bridgehead atoms. The van der Waals surface area contributed by atoms with Gasteiger partial charge >= 0.3 is 12.1 Å². The number of alkyl halides is 3. The molecule has 0 aromatic heterocycles. The molecule has 0 saturated carbocycles. The van der Waals surface area contributed by atoms with E-state index in [4.69, 9.17) is 11.6 Å². The summed E-state index contributed by atoms with van der Waals surface area (Å²) in [4.78, 5) is 12.3. The predicted octanol–water partition coefficient (Wildman–Crippen LogP) is 5.17. The number of hydrogen-bond acceptors (Lipinski definition) is 1. The molecule has 0 N–H and O–H groups in total. The molecule has 0 aliphatic carbocycles. The lowest BCUT2D eigenvalue weighted by Crippen LogP contribution is -2.38. The van der Waals surface area contributed by atoms with Gasteiger partial charge in [0.2, 0.25) is 0 Å². The molecule has 110 valence electrons. The number of anilines is 2. The van der Waals surface area contributed by atoms with Gasteiger partial charge in [0.15, 0.2) is 0 Å². The highest BCUT2D eigenvalue weighted by atomic mass is 127. The van der Waals surface area contributed by atoms with E-state index in [0.717, 1.165) is 3.57 Å². The van der Waals surface area contributed by atoms with Gasteiger partial charge in [-0.25, -0.2) is 0 Å². The predicted molar refractivity (Wildman–Crippen MR) is 83.8 cm³/mol. The molecule has 0 heterocycles. The van der Waals surface area contributed by atoms with Crippen molar-refractivity contribution in [3.05, 3.63) is 57.1 Å². The van der Waals surface area contributed by atoms with Gasteiger partial charge in [0, 0.05) is 20.0 Å². The molecule has 2 rings (SSSR count). The maximum atomic E-state index is 12.8. The summed E-state index contributed by atoms with van der Waals surface area (Å²) in [7, 11) is 0. The highest BCUT2D eigenvalue weighted by Gasteiger charge is 2.43. The summed E-state index contributed by atoms with van der Waals surface area (Å²) < 4.78 is 39.3. The van der Waals surface area contributed by atoms with Crippen LogP contribution >= 0.6 is 34.2 Å². The number of halogens is 5. The van der Waals surface area contributed by atoms with E-state index in [1.54, 1.807) is 12.1 Å². The average molecular weight is 426 g/mol. The second kappa shape index (κ2) is 6.23. The second-order valence-corrected chi connectivity index (χ2v) is 5.77. The average Bonchev–Trinajstić information content (AvgIpc) is 2.42. The van der Waals surface area contributed by atoms with Gasteiger partial charge in [-0.3, -0.25) is 9.69 Å². The minimum atomic E-state index is -4.97. The smallest absolute Gasteiger partial charge is 0.273 e. The fourth-order valence-electron chi connectivity index (χ4n) is 1.69. The van der Waals surface area contributed by atoms with Crippen LogP contribution in [0.3, 0.4) is 0 Å². The van der Waals surface area contributed by atoms with E-state index in [2.05, 4.69) is 0 Å². The van der Waals surface area contributed by atoms with E-state index >= 15 is 0 Å². The Bertz CT molecular complexity index is 595. The van der Waals surface area contributed by atoms with E-state index in [-0.39, 0.29) is 11.4 Å². The van der Waals surface area contributed by atoms with Crippen molar-refractivity contribution in [1.29, 1.82) is 0 Å². The number of amides is 1. The van der Waals surface area contributed by atoms with Crippen LogP contribution in [0.25, 0.3) is 0 Å². The second-order valence-electron chi connectivity index (χ2n) is 4.09. The highest BCUT2D eigenvalue weighted by molar-refractivity contribution is 14.1. The van der Waals surface area contributed by atoms with Crippen molar-refractivity contribution in [3.63, 3.8) is 0 Å². The summed E-state index contributed by atoms with van der Waals surface area (Å²) in [6, 6.07) is 11.8. The minimum Gasteiger partial charge on any atom is -0.273 e. The van der Waals surface area contributed by atoms with Crippen molar-refractivity contribution in [2.24, 2.45) is 0 Å². The Kier molecular flexibility index (Phi) is 4.77. The third-order valence-electron chi connectivity index (χ3n) is 2.62. The van der Waals surface area contributed by atoms with Gasteiger partial charge in [0.1, 0.15) is 0 Å². The Labute approximate surface area is 137 Å². The van der Waals surface area contributed by atoms with Gasteiger partial charge < -0.3 is 0 Å². The molecule has 0 saturated heterocycles. The van der Waals surface area contributed by atoms with E-state index < -0.39 is 12.1 Å². The Balaban J connectivity index is 2.51. The van der Waals surface area contributed by atoms with Crippen molar-refractivity contribution in [2.75, 3.05) is 4.90 Å². The summed E-state index contributed by atoms with van der Waals surface area (Å²) in [6.45, 7) is 0. The quantitative estimate of drug-likeness (QED) is 0.608. The molecule has 2 nitrogen and oxygen atoms in total. The maximum absolute atomic E-state index is 12.8. The summed E-state index contributed by atoms with van der Waals surface area (Å²) in [5.74, 6) is -1.95. The molecule has 0 aliphatic rings. The van der Waals surface area contributed by atoms with Crippen molar-refractivity contribution in [3.8, 4) is 0 Å². The Morgan fingerprint density at radius 2 is 1.38 bits per heavy atom. The molecule has 7 heteroatoms. The maximum Gasteiger partial charge on any atom is 0.472 e. The number of carbonyl (C=O) groups excluding carboxylic acids is 1. The fraction of sp³-hybridized carbons (Fsp3) is 0.0714.